The number of anilines is 1. The van der Waals surface area contributed by atoms with Gasteiger partial charge >= 0.3 is 0 Å². The molecule has 0 bridgehead atoms. The largest absolute Gasteiger partial charge is 0.356 e. The lowest BCUT2D eigenvalue weighted by Gasteiger charge is -2.06. The first-order chi connectivity index (χ1) is 9.47. The summed E-state index contributed by atoms with van der Waals surface area (Å²) in [6.07, 6.45) is 1.39. The van der Waals surface area contributed by atoms with Gasteiger partial charge in [0.1, 0.15) is 5.78 Å². The van der Waals surface area contributed by atoms with Crippen LogP contribution in [0.3, 0.4) is 0 Å². The quantitative estimate of drug-likeness (QED) is 0.795. The average molecular weight is 276 g/mol. The summed E-state index contributed by atoms with van der Waals surface area (Å²) < 4.78 is 0. The third-order valence-electron chi connectivity index (χ3n) is 2.71. The van der Waals surface area contributed by atoms with Gasteiger partial charge in [-0.1, -0.05) is 12.1 Å². The van der Waals surface area contributed by atoms with Crippen molar-refractivity contribution in [3.8, 4) is 0 Å². The molecule has 0 aromatic heterocycles. The van der Waals surface area contributed by atoms with E-state index >= 15 is 0 Å². The maximum absolute atomic E-state index is 11.5. The van der Waals surface area contributed by atoms with E-state index in [1.807, 2.05) is 24.3 Å². The van der Waals surface area contributed by atoms with Gasteiger partial charge in [0.25, 0.3) is 0 Å². The van der Waals surface area contributed by atoms with E-state index in [0.29, 0.717) is 25.8 Å². The molecular formula is C15H20N2O3. The van der Waals surface area contributed by atoms with Crippen LogP contribution in [-0.4, -0.2) is 24.1 Å². The summed E-state index contributed by atoms with van der Waals surface area (Å²) in [6.45, 7) is 3.36. The molecule has 0 radical (unpaired) electrons. The normalized spacial score (nSPS) is 9.90. The molecule has 0 saturated carbocycles. The summed E-state index contributed by atoms with van der Waals surface area (Å²) in [5.74, 6) is -0.0985. The van der Waals surface area contributed by atoms with Crippen molar-refractivity contribution in [1.29, 1.82) is 0 Å². The van der Waals surface area contributed by atoms with E-state index in [2.05, 4.69) is 10.6 Å². The predicted molar refractivity (Wildman–Crippen MR) is 77.4 cm³/mol. The van der Waals surface area contributed by atoms with E-state index in [-0.39, 0.29) is 17.6 Å². The highest BCUT2D eigenvalue weighted by molar-refractivity contribution is 5.88. The second kappa shape index (κ2) is 8.09. The summed E-state index contributed by atoms with van der Waals surface area (Å²) >= 11 is 0. The summed E-state index contributed by atoms with van der Waals surface area (Å²) in [7, 11) is 0. The van der Waals surface area contributed by atoms with Gasteiger partial charge in [0, 0.05) is 32.0 Å². The predicted octanol–water partition coefficient (Wildman–Crippen LogP) is 1.67. The second-order valence-electron chi connectivity index (χ2n) is 4.68. The fourth-order valence-corrected chi connectivity index (χ4v) is 1.68. The molecular weight excluding hydrogens is 256 g/mol. The number of hydrogen-bond donors (Lipinski definition) is 2. The number of aryl methyl sites for hydroxylation is 1. The molecule has 5 nitrogen and oxygen atoms in total. The molecule has 0 atom stereocenters. The molecule has 5 heteroatoms. The fourth-order valence-electron chi connectivity index (χ4n) is 1.68. The van der Waals surface area contributed by atoms with Gasteiger partial charge in [0.2, 0.25) is 11.8 Å². The second-order valence-corrected chi connectivity index (χ2v) is 4.68. The Morgan fingerprint density at radius 2 is 1.65 bits per heavy atom. The van der Waals surface area contributed by atoms with E-state index in [4.69, 9.17) is 0 Å². The molecule has 1 aromatic rings. The Labute approximate surface area is 118 Å². The van der Waals surface area contributed by atoms with E-state index in [1.165, 1.54) is 13.8 Å². The van der Waals surface area contributed by atoms with Gasteiger partial charge in [-0.2, -0.15) is 0 Å². The molecule has 1 aromatic carbocycles. The van der Waals surface area contributed by atoms with Gasteiger partial charge in [0.15, 0.2) is 0 Å². The van der Waals surface area contributed by atoms with Crippen LogP contribution in [-0.2, 0) is 20.8 Å². The first kappa shape index (κ1) is 15.9. The Morgan fingerprint density at radius 3 is 2.20 bits per heavy atom. The summed E-state index contributed by atoms with van der Waals surface area (Å²) in [5, 5.41) is 5.39. The number of benzene rings is 1. The molecule has 1 rings (SSSR count). The Bertz CT molecular complexity index is 480. The number of amides is 2. The molecule has 2 amide bonds. The summed E-state index contributed by atoms with van der Waals surface area (Å²) in [5.41, 5.74) is 1.77. The van der Waals surface area contributed by atoms with Crippen molar-refractivity contribution in [2.75, 3.05) is 11.9 Å². The third kappa shape index (κ3) is 6.68. The zero-order chi connectivity index (χ0) is 15.0. The number of Topliss-reactive ketones (excluding diaryl/α,β-unsaturated/α-hetero) is 1. The number of ketones is 1. The van der Waals surface area contributed by atoms with Crippen LogP contribution in [0.5, 0.6) is 0 Å². The number of carbonyl (C=O) groups is 3. The molecule has 0 fully saturated rings. The molecule has 20 heavy (non-hydrogen) atoms. The lowest BCUT2D eigenvalue weighted by Crippen LogP contribution is -2.25. The van der Waals surface area contributed by atoms with Gasteiger partial charge in [-0.05, 0) is 31.0 Å². The van der Waals surface area contributed by atoms with Crippen molar-refractivity contribution in [1.82, 2.24) is 5.32 Å². The smallest absolute Gasteiger partial charge is 0.221 e. The minimum atomic E-state index is -0.109. The van der Waals surface area contributed by atoms with Crippen molar-refractivity contribution < 1.29 is 14.4 Å². The molecule has 0 spiro atoms. The maximum atomic E-state index is 11.5. The number of rotatable bonds is 7. The van der Waals surface area contributed by atoms with Crippen molar-refractivity contribution in [2.45, 2.75) is 33.1 Å². The van der Waals surface area contributed by atoms with Gasteiger partial charge < -0.3 is 10.6 Å². The first-order valence-electron chi connectivity index (χ1n) is 6.60. The van der Waals surface area contributed by atoms with Crippen LogP contribution in [0.4, 0.5) is 5.69 Å². The van der Waals surface area contributed by atoms with Crippen molar-refractivity contribution in [3.63, 3.8) is 0 Å². The molecule has 0 aliphatic carbocycles. The van der Waals surface area contributed by atoms with Gasteiger partial charge in [-0.15, -0.1) is 0 Å². The SMILES string of the molecule is CC(=O)CCNC(=O)CCc1ccc(NC(C)=O)cc1. The van der Waals surface area contributed by atoms with Crippen LogP contribution < -0.4 is 10.6 Å². The minimum absolute atomic E-state index is 0.0582. The highest BCUT2D eigenvalue weighted by Crippen LogP contribution is 2.10. The van der Waals surface area contributed by atoms with Crippen molar-refractivity contribution >= 4 is 23.3 Å². The number of nitrogens with one attached hydrogen (secondary N) is 2. The lowest BCUT2D eigenvalue weighted by molar-refractivity contribution is -0.121. The van der Waals surface area contributed by atoms with Gasteiger partial charge in [-0.25, -0.2) is 0 Å². The van der Waals surface area contributed by atoms with E-state index < -0.39 is 0 Å². The molecule has 2 N–H and O–H groups in total. The summed E-state index contributed by atoms with van der Waals surface area (Å²) in [6, 6.07) is 7.39. The first-order valence-corrected chi connectivity index (χ1v) is 6.60. The van der Waals surface area contributed by atoms with Crippen LogP contribution in [0.25, 0.3) is 0 Å². The minimum Gasteiger partial charge on any atom is -0.356 e. The van der Waals surface area contributed by atoms with Crippen molar-refractivity contribution in [3.05, 3.63) is 29.8 Å². The van der Waals surface area contributed by atoms with E-state index in [1.54, 1.807) is 0 Å². The lowest BCUT2D eigenvalue weighted by atomic mass is 10.1. The van der Waals surface area contributed by atoms with Crippen LogP contribution in [0.2, 0.25) is 0 Å². The molecule has 108 valence electrons. The zero-order valence-corrected chi connectivity index (χ0v) is 11.9. The highest BCUT2D eigenvalue weighted by Gasteiger charge is 2.03. The van der Waals surface area contributed by atoms with Crippen LogP contribution >= 0.6 is 0 Å². The fraction of sp³-hybridized carbons (Fsp3) is 0.400. The van der Waals surface area contributed by atoms with Crippen LogP contribution in [0, 0.1) is 0 Å². The van der Waals surface area contributed by atoms with E-state index in [9.17, 15) is 14.4 Å². The molecule has 0 aliphatic rings. The number of carbonyl (C=O) groups excluding carboxylic acids is 3. The third-order valence-corrected chi connectivity index (χ3v) is 2.71. The number of hydrogen-bond acceptors (Lipinski definition) is 3. The summed E-state index contributed by atoms with van der Waals surface area (Å²) in [4.78, 5) is 33.1. The molecule has 0 unspecified atom stereocenters. The zero-order valence-electron chi connectivity index (χ0n) is 11.9. The Balaban J connectivity index is 2.32. The Morgan fingerprint density at radius 1 is 1.00 bits per heavy atom. The van der Waals surface area contributed by atoms with Crippen LogP contribution in [0.15, 0.2) is 24.3 Å². The molecule has 0 aliphatic heterocycles. The average Bonchev–Trinajstić information content (AvgIpc) is 2.37. The van der Waals surface area contributed by atoms with Crippen LogP contribution in [0.1, 0.15) is 32.3 Å². The van der Waals surface area contributed by atoms with Crippen molar-refractivity contribution in [2.24, 2.45) is 0 Å². The Hall–Kier alpha value is -2.17. The monoisotopic (exact) mass is 276 g/mol. The topological polar surface area (TPSA) is 75.3 Å². The Kier molecular flexibility index (Phi) is 6.43. The highest BCUT2D eigenvalue weighted by atomic mass is 16.2. The molecule has 0 saturated heterocycles. The standard InChI is InChI=1S/C15H20N2O3/c1-11(18)9-10-16-15(20)8-5-13-3-6-14(7-4-13)17-12(2)19/h3-4,6-7H,5,8-10H2,1-2H3,(H,16,20)(H,17,19). The maximum Gasteiger partial charge on any atom is 0.221 e. The van der Waals surface area contributed by atoms with Gasteiger partial charge in [0.05, 0.1) is 0 Å². The van der Waals surface area contributed by atoms with Gasteiger partial charge in [-0.3, -0.25) is 14.4 Å². The van der Waals surface area contributed by atoms with E-state index in [0.717, 1.165) is 11.3 Å². The molecule has 0 heterocycles.